The molecular weight excluding hydrogens is 290 g/mol. The number of benzene rings is 1. The highest BCUT2D eigenvalue weighted by molar-refractivity contribution is 7.99. The van der Waals surface area contributed by atoms with Gasteiger partial charge in [-0.05, 0) is 43.2 Å². The maximum Gasteiger partial charge on any atom is 0.250 e. The lowest BCUT2D eigenvalue weighted by atomic mass is 9.94. The SMILES string of the molecule is CCCCN1C(=O)C2=C(CCCC2)C1SCc1ccccc1. The first-order chi connectivity index (χ1) is 10.8. The summed E-state index contributed by atoms with van der Waals surface area (Å²) in [5.41, 5.74) is 3.93. The van der Waals surface area contributed by atoms with E-state index in [1.54, 1.807) is 0 Å². The smallest absolute Gasteiger partial charge is 0.250 e. The Morgan fingerprint density at radius 2 is 1.95 bits per heavy atom. The molecule has 0 radical (unpaired) electrons. The van der Waals surface area contributed by atoms with Gasteiger partial charge in [0.2, 0.25) is 0 Å². The van der Waals surface area contributed by atoms with Crippen LogP contribution in [0.15, 0.2) is 41.5 Å². The molecule has 0 N–H and O–H groups in total. The molecule has 2 nitrogen and oxygen atoms in total. The highest BCUT2D eigenvalue weighted by Crippen LogP contribution is 2.42. The van der Waals surface area contributed by atoms with Gasteiger partial charge in [-0.3, -0.25) is 4.79 Å². The van der Waals surface area contributed by atoms with Crippen LogP contribution in [0.25, 0.3) is 0 Å². The highest BCUT2D eigenvalue weighted by atomic mass is 32.2. The lowest BCUT2D eigenvalue weighted by molar-refractivity contribution is -0.126. The van der Waals surface area contributed by atoms with Gasteiger partial charge in [-0.15, -0.1) is 11.8 Å². The first-order valence-corrected chi connectivity index (χ1v) is 9.54. The minimum atomic E-state index is 0.287. The van der Waals surface area contributed by atoms with E-state index in [4.69, 9.17) is 0 Å². The van der Waals surface area contributed by atoms with E-state index in [2.05, 4.69) is 42.2 Å². The molecule has 0 aromatic heterocycles. The van der Waals surface area contributed by atoms with Crippen LogP contribution in [-0.4, -0.2) is 22.7 Å². The van der Waals surface area contributed by atoms with Gasteiger partial charge < -0.3 is 4.90 Å². The van der Waals surface area contributed by atoms with Gasteiger partial charge in [-0.1, -0.05) is 43.7 Å². The van der Waals surface area contributed by atoms with Crippen LogP contribution in [0.3, 0.4) is 0 Å². The van der Waals surface area contributed by atoms with Crippen molar-refractivity contribution in [3.8, 4) is 0 Å². The topological polar surface area (TPSA) is 20.3 Å². The Bertz CT molecular complexity index is 552. The summed E-state index contributed by atoms with van der Waals surface area (Å²) < 4.78 is 0. The molecule has 1 amide bonds. The van der Waals surface area contributed by atoms with Crippen LogP contribution in [0.4, 0.5) is 0 Å². The molecule has 0 saturated carbocycles. The number of carbonyl (C=O) groups is 1. The van der Waals surface area contributed by atoms with Crippen molar-refractivity contribution in [1.82, 2.24) is 4.90 Å². The lowest BCUT2D eigenvalue weighted by Gasteiger charge is -2.27. The quantitative estimate of drug-likeness (QED) is 0.754. The Morgan fingerprint density at radius 1 is 1.18 bits per heavy atom. The maximum atomic E-state index is 12.7. The van der Waals surface area contributed by atoms with Gasteiger partial charge in [0.25, 0.3) is 5.91 Å². The van der Waals surface area contributed by atoms with E-state index in [-0.39, 0.29) is 5.37 Å². The molecule has 1 heterocycles. The molecule has 1 aromatic rings. The number of hydrogen-bond acceptors (Lipinski definition) is 2. The fraction of sp³-hybridized carbons (Fsp3) is 0.526. The standard InChI is InChI=1S/C19H25NOS/c1-2-3-13-20-18(21)16-11-7-8-12-17(16)19(20)22-14-15-9-5-4-6-10-15/h4-6,9-10,19H,2-3,7-8,11-14H2,1H3. The van der Waals surface area contributed by atoms with Gasteiger partial charge in [0.05, 0.1) is 0 Å². The van der Waals surface area contributed by atoms with Crippen LogP contribution in [0.1, 0.15) is 51.0 Å². The van der Waals surface area contributed by atoms with Gasteiger partial charge in [0, 0.05) is 17.9 Å². The molecule has 3 rings (SSSR count). The Labute approximate surface area is 138 Å². The number of unbranched alkanes of at least 4 members (excludes halogenated alkanes) is 1. The second-order valence-corrected chi connectivity index (χ2v) is 7.28. The van der Waals surface area contributed by atoms with Crippen molar-refractivity contribution in [1.29, 1.82) is 0 Å². The maximum absolute atomic E-state index is 12.7. The van der Waals surface area contributed by atoms with Crippen molar-refractivity contribution in [3.05, 3.63) is 47.0 Å². The van der Waals surface area contributed by atoms with Crippen molar-refractivity contribution < 1.29 is 4.79 Å². The number of thioether (sulfide) groups is 1. The number of hydrogen-bond donors (Lipinski definition) is 0. The molecule has 2 aliphatic rings. The second kappa shape index (κ2) is 7.36. The molecule has 1 unspecified atom stereocenters. The van der Waals surface area contributed by atoms with E-state index in [0.717, 1.165) is 43.6 Å². The van der Waals surface area contributed by atoms with Crippen LogP contribution >= 0.6 is 11.8 Å². The second-order valence-electron chi connectivity index (χ2n) is 6.21. The third-order valence-electron chi connectivity index (χ3n) is 4.61. The predicted molar refractivity (Wildman–Crippen MR) is 93.6 cm³/mol. The van der Waals surface area contributed by atoms with Gasteiger partial charge in [-0.25, -0.2) is 0 Å². The third kappa shape index (κ3) is 3.24. The molecular formula is C19H25NOS. The van der Waals surface area contributed by atoms with E-state index in [1.807, 2.05) is 11.8 Å². The minimum absolute atomic E-state index is 0.287. The molecule has 3 heteroatoms. The van der Waals surface area contributed by atoms with E-state index >= 15 is 0 Å². The normalized spacial score (nSPS) is 21.4. The Hall–Kier alpha value is -1.22. The average Bonchev–Trinajstić information content (AvgIpc) is 2.84. The summed E-state index contributed by atoms with van der Waals surface area (Å²) >= 11 is 1.93. The summed E-state index contributed by atoms with van der Waals surface area (Å²) in [7, 11) is 0. The summed E-state index contributed by atoms with van der Waals surface area (Å²) in [6, 6.07) is 10.6. The zero-order chi connectivity index (χ0) is 15.4. The van der Waals surface area contributed by atoms with Crippen LogP contribution in [0.5, 0.6) is 0 Å². The van der Waals surface area contributed by atoms with Crippen molar-refractivity contribution in [3.63, 3.8) is 0 Å². The molecule has 1 aliphatic carbocycles. The molecule has 1 aromatic carbocycles. The fourth-order valence-electron chi connectivity index (χ4n) is 3.40. The van der Waals surface area contributed by atoms with E-state index in [1.165, 1.54) is 24.0 Å². The number of rotatable bonds is 6. The molecule has 1 atom stereocenters. The monoisotopic (exact) mass is 315 g/mol. The molecule has 0 spiro atoms. The highest BCUT2D eigenvalue weighted by Gasteiger charge is 2.39. The molecule has 0 fully saturated rings. The zero-order valence-corrected chi connectivity index (χ0v) is 14.2. The number of nitrogens with zero attached hydrogens (tertiary/aromatic N) is 1. The first kappa shape index (κ1) is 15.7. The van der Waals surface area contributed by atoms with Gasteiger partial charge in [-0.2, -0.15) is 0 Å². The van der Waals surface area contributed by atoms with Gasteiger partial charge >= 0.3 is 0 Å². The largest absolute Gasteiger partial charge is 0.323 e. The summed E-state index contributed by atoms with van der Waals surface area (Å²) in [6.45, 7) is 3.11. The van der Waals surface area contributed by atoms with Gasteiger partial charge in [0.1, 0.15) is 5.37 Å². The molecule has 1 aliphatic heterocycles. The fourth-order valence-corrected chi connectivity index (χ4v) is 4.79. The number of carbonyl (C=O) groups excluding carboxylic acids is 1. The summed E-state index contributed by atoms with van der Waals surface area (Å²) in [5, 5.41) is 0.287. The van der Waals surface area contributed by atoms with Crippen LogP contribution in [0, 0.1) is 0 Å². The number of amides is 1. The Balaban J connectivity index is 1.74. The van der Waals surface area contributed by atoms with Crippen LogP contribution in [-0.2, 0) is 10.5 Å². The lowest BCUT2D eigenvalue weighted by Crippen LogP contribution is -2.34. The van der Waals surface area contributed by atoms with E-state index in [9.17, 15) is 4.79 Å². The van der Waals surface area contributed by atoms with E-state index < -0.39 is 0 Å². The summed E-state index contributed by atoms with van der Waals surface area (Å²) in [6.07, 6.45) is 6.80. The predicted octanol–water partition coefficient (Wildman–Crippen LogP) is 4.76. The Kier molecular flexibility index (Phi) is 5.24. The molecule has 0 saturated heterocycles. The molecule has 118 valence electrons. The van der Waals surface area contributed by atoms with Gasteiger partial charge in [0.15, 0.2) is 0 Å². The van der Waals surface area contributed by atoms with Crippen molar-refractivity contribution in [2.45, 2.75) is 56.6 Å². The van der Waals surface area contributed by atoms with Crippen molar-refractivity contribution >= 4 is 17.7 Å². The first-order valence-electron chi connectivity index (χ1n) is 8.49. The third-order valence-corrected chi connectivity index (χ3v) is 5.97. The molecule has 22 heavy (non-hydrogen) atoms. The zero-order valence-electron chi connectivity index (χ0n) is 13.4. The van der Waals surface area contributed by atoms with Crippen molar-refractivity contribution in [2.24, 2.45) is 0 Å². The van der Waals surface area contributed by atoms with Crippen molar-refractivity contribution in [2.75, 3.05) is 6.54 Å². The Morgan fingerprint density at radius 3 is 2.73 bits per heavy atom. The summed E-state index contributed by atoms with van der Waals surface area (Å²) in [5.74, 6) is 1.31. The minimum Gasteiger partial charge on any atom is -0.323 e. The summed E-state index contributed by atoms with van der Waals surface area (Å²) in [4.78, 5) is 14.9. The molecule has 0 bridgehead atoms. The van der Waals surface area contributed by atoms with Crippen LogP contribution in [0.2, 0.25) is 0 Å². The van der Waals surface area contributed by atoms with E-state index in [0.29, 0.717) is 5.91 Å². The van der Waals surface area contributed by atoms with Crippen LogP contribution < -0.4 is 0 Å². The average molecular weight is 315 g/mol.